The van der Waals surface area contributed by atoms with Gasteiger partial charge in [0, 0.05) is 0 Å². The van der Waals surface area contributed by atoms with Crippen molar-refractivity contribution in [3.63, 3.8) is 0 Å². The van der Waals surface area contributed by atoms with Crippen molar-refractivity contribution in [1.29, 1.82) is 0 Å². The average molecular weight is 189 g/mol. The molecular weight excluding hydrogens is 180 g/mol. The van der Waals surface area contributed by atoms with Crippen molar-refractivity contribution in [2.75, 3.05) is 14.2 Å². The highest BCUT2D eigenvalue weighted by molar-refractivity contribution is 6.16. The fourth-order valence-corrected chi connectivity index (χ4v) is 0.838. The fraction of sp³-hybridized carbons (Fsp3) is 0.429. The Morgan fingerprint density at radius 1 is 1.25 bits per heavy atom. The summed E-state index contributed by atoms with van der Waals surface area (Å²) in [5.74, 6) is 1.65. The number of methoxy groups -OCH3 is 2. The molecule has 0 bridgehead atoms. The van der Waals surface area contributed by atoms with E-state index in [1.54, 1.807) is 6.07 Å². The van der Waals surface area contributed by atoms with Gasteiger partial charge in [0.2, 0.25) is 11.8 Å². The van der Waals surface area contributed by atoms with Gasteiger partial charge >= 0.3 is 0 Å². The van der Waals surface area contributed by atoms with Crippen LogP contribution in [0, 0.1) is 0 Å². The number of nitrogens with zero attached hydrogens (tertiary/aromatic N) is 2. The highest BCUT2D eigenvalue weighted by atomic mass is 35.5. The van der Waals surface area contributed by atoms with Crippen LogP contribution in [0.25, 0.3) is 0 Å². The van der Waals surface area contributed by atoms with Gasteiger partial charge in [0.25, 0.3) is 0 Å². The van der Waals surface area contributed by atoms with Crippen molar-refractivity contribution < 1.29 is 9.47 Å². The van der Waals surface area contributed by atoms with Gasteiger partial charge in [0.1, 0.15) is 0 Å². The molecule has 0 radical (unpaired) electrons. The van der Waals surface area contributed by atoms with Gasteiger partial charge in [-0.3, -0.25) is 0 Å². The highest BCUT2D eigenvalue weighted by Crippen LogP contribution is 2.15. The summed E-state index contributed by atoms with van der Waals surface area (Å²) in [6, 6.07) is 1.59. The van der Waals surface area contributed by atoms with Crippen molar-refractivity contribution in [3.05, 3.63) is 11.9 Å². The van der Waals surface area contributed by atoms with E-state index in [2.05, 4.69) is 9.97 Å². The van der Waals surface area contributed by atoms with Gasteiger partial charge in [0.15, 0.2) is 5.82 Å². The number of ether oxygens (including phenoxy) is 2. The maximum absolute atomic E-state index is 5.55. The number of hydrogen-bond acceptors (Lipinski definition) is 4. The molecule has 0 unspecified atom stereocenters. The molecular formula is C7H9ClN2O2. The second-order valence-corrected chi connectivity index (χ2v) is 2.27. The lowest BCUT2D eigenvalue weighted by atomic mass is 10.5. The maximum atomic E-state index is 5.55. The van der Waals surface area contributed by atoms with Gasteiger partial charge < -0.3 is 9.47 Å². The molecule has 0 aliphatic heterocycles. The van der Waals surface area contributed by atoms with Crippen molar-refractivity contribution in [2.45, 2.75) is 5.88 Å². The van der Waals surface area contributed by atoms with E-state index < -0.39 is 0 Å². The van der Waals surface area contributed by atoms with Gasteiger partial charge in [-0.2, -0.15) is 9.97 Å². The van der Waals surface area contributed by atoms with Gasteiger partial charge in [-0.1, -0.05) is 0 Å². The van der Waals surface area contributed by atoms with E-state index in [-0.39, 0.29) is 5.88 Å². The molecule has 1 heterocycles. The van der Waals surface area contributed by atoms with Gasteiger partial charge in [-0.05, 0) is 0 Å². The largest absolute Gasteiger partial charge is 0.481 e. The molecule has 0 atom stereocenters. The molecule has 0 fully saturated rings. The topological polar surface area (TPSA) is 44.2 Å². The second kappa shape index (κ2) is 4.11. The van der Waals surface area contributed by atoms with Crippen LogP contribution in [0.4, 0.5) is 0 Å². The summed E-state index contributed by atoms with van der Waals surface area (Å²) in [4.78, 5) is 7.95. The van der Waals surface area contributed by atoms with Crippen LogP contribution < -0.4 is 9.47 Å². The first-order chi connectivity index (χ1) is 5.80. The zero-order valence-corrected chi connectivity index (χ0v) is 7.63. The Morgan fingerprint density at radius 3 is 2.08 bits per heavy atom. The third-order valence-corrected chi connectivity index (χ3v) is 1.50. The molecule has 0 aliphatic rings. The SMILES string of the molecule is COc1cc(OC)nc(CCl)n1. The lowest BCUT2D eigenvalue weighted by molar-refractivity contribution is 0.369. The molecule has 1 aromatic heterocycles. The van der Waals surface area contributed by atoms with E-state index in [9.17, 15) is 0 Å². The monoisotopic (exact) mass is 188 g/mol. The minimum atomic E-state index is 0.244. The molecule has 5 heteroatoms. The number of hydrogen-bond donors (Lipinski definition) is 0. The Labute approximate surface area is 75.5 Å². The summed E-state index contributed by atoms with van der Waals surface area (Å²) < 4.78 is 9.82. The lowest BCUT2D eigenvalue weighted by Crippen LogP contribution is -1.98. The van der Waals surface area contributed by atoms with Crippen molar-refractivity contribution in [1.82, 2.24) is 9.97 Å². The Kier molecular flexibility index (Phi) is 3.10. The van der Waals surface area contributed by atoms with Gasteiger partial charge in [0.05, 0.1) is 26.2 Å². The smallest absolute Gasteiger partial charge is 0.220 e. The van der Waals surface area contributed by atoms with Crippen molar-refractivity contribution in [2.24, 2.45) is 0 Å². The first-order valence-electron chi connectivity index (χ1n) is 3.32. The Hall–Kier alpha value is -1.03. The van der Waals surface area contributed by atoms with Crippen LogP contribution in [0.2, 0.25) is 0 Å². The van der Waals surface area contributed by atoms with E-state index in [0.29, 0.717) is 17.6 Å². The molecule has 0 amide bonds. The molecule has 0 saturated carbocycles. The fourth-order valence-electron chi connectivity index (χ4n) is 0.718. The summed E-state index contributed by atoms with van der Waals surface area (Å²) in [5, 5.41) is 0. The molecule has 0 aromatic carbocycles. The Balaban J connectivity index is 3.01. The summed E-state index contributed by atoms with van der Waals surface area (Å²) in [6.45, 7) is 0. The highest BCUT2D eigenvalue weighted by Gasteiger charge is 2.02. The van der Waals surface area contributed by atoms with E-state index in [1.807, 2.05) is 0 Å². The maximum Gasteiger partial charge on any atom is 0.220 e. The quantitative estimate of drug-likeness (QED) is 0.670. The van der Waals surface area contributed by atoms with Crippen LogP contribution in [-0.2, 0) is 5.88 Å². The second-order valence-electron chi connectivity index (χ2n) is 2.00. The molecule has 0 spiro atoms. The van der Waals surface area contributed by atoms with Crippen molar-refractivity contribution >= 4 is 11.6 Å². The van der Waals surface area contributed by atoms with Crippen LogP contribution in [0.15, 0.2) is 6.07 Å². The van der Waals surface area contributed by atoms with E-state index >= 15 is 0 Å². The number of rotatable bonds is 3. The van der Waals surface area contributed by atoms with E-state index in [4.69, 9.17) is 21.1 Å². The normalized spacial score (nSPS) is 9.58. The number of alkyl halides is 1. The minimum absolute atomic E-state index is 0.244. The summed E-state index contributed by atoms with van der Waals surface area (Å²) in [5.41, 5.74) is 0. The predicted molar refractivity (Wildman–Crippen MR) is 44.7 cm³/mol. The minimum Gasteiger partial charge on any atom is -0.481 e. The lowest BCUT2D eigenvalue weighted by Gasteiger charge is -2.03. The molecule has 66 valence electrons. The first kappa shape index (κ1) is 9.06. The third kappa shape index (κ3) is 1.98. The van der Waals surface area contributed by atoms with Crippen LogP contribution in [-0.4, -0.2) is 24.2 Å². The Bertz CT molecular complexity index is 212. The van der Waals surface area contributed by atoms with E-state index in [0.717, 1.165) is 0 Å². The molecule has 1 aromatic rings. The van der Waals surface area contributed by atoms with Gasteiger partial charge in [-0.25, -0.2) is 0 Å². The zero-order chi connectivity index (χ0) is 8.97. The summed E-state index contributed by atoms with van der Waals surface area (Å²) in [6.07, 6.45) is 0. The van der Waals surface area contributed by atoms with Crippen LogP contribution in [0.5, 0.6) is 11.8 Å². The first-order valence-corrected chi connectivity index (χ1v) is 3.85. The molecule has 4 nitrogen and oxygen atoms in total. The van der Waals surface area contributed by atoms with Crippen LogP contribution in [0.1, 0.15) is 5.82 Å². The predicted octanol–water partition coefficient (Wildman–Crippen LogP) is 1.23. The van der Waals surface area contributed by atoms with Crippen LogP contribution in [0.3, 0.4) is 0 Å². The van der Waals surface area contributed by atoms with Gasteiger partial charge in [-0.15, -0.1) is 11.6 Å². The molecule has 0 aliphatic carbocycles. The summed E-state index contributed by atoms with van der Waals surface area (Å²) in [7, 11) is 3.06. The number of aromatic nitrogens is 2. The molecule has 0 saturated heterocycles. The summed E-state index contributed by atoms with van der Waals surface area (Å²) >= 11 is 5.55. The standard InChI is InChI=1S/C7H9ClN2O2/c1-11-6-3-7(12-2)10-5(4-8)9-6/h3H,4H2,1-2H3. The molecule has 12 heavy (non-hydrogen) atoms. The van der Waals surface area contributed by atoms with Crippen molar-refractivity contribution in [3.8, 4) is 11.8 Å². The number of halogens is 1. The average Bonchev–Trinajstić information content (AvgIpc) is 2.16. The Morgan fingerprint density at radius 2 is 1.75 bits per heavy atom. The van der Waals surface area contributed by atoms with Crippen LogP contribution >= 0.6 is 11.6 Å². The zero-order valence-electron chi connectivity index (χ0n) is 6.87. The van der Waals surface area contributed by atoms with E-state index in [1.165, 1.54) is 14.2 Å². The molecule has 1 rings (SSSR count). The third-order valence-electron chi connectivity index (χ3n) is 1.26. The molecule has 0 N–H and O–H groups in total.